The molecule has 5 nitrogen and oxygen atoms in total. The Balaban J connectivity index is 1.71. The van der Waals surface area contributed by atoms with E-state index in [0.717, 1.165) is 16.8 Å². The third-order valence-electron chi connectivity index (χ3n) is 5.95. The molecule has 2 aliphatic heterocycles. The first-order chi connectivity index (χ1) is 14.2. The van der Waals surface area contributed by atoms with Crippen LogP contribution in [-0.4, -0.2) is 41.0 Å². The lowest BCUT2D eigenvalue weighted by atomic mass is 9.70. The number of rotatable bonds is 2. The van der Waals surface area contributed by atoms with Gasteiger partial charge < -0.3 is 14.9 Å². The first-order valence-electron chi connectivity index (χ1n) is 9.67. The molecule has 29 heavy (non-hydrogen) atoms. The maximum Gasteiger partial charge on any atom is 0.258 e. The van der Waals surface area contributed by atoms with Crippen LogP contribution in [0.25, 0.3) is 0 Å². The number of anilines is 1. The van der Waals surface area contributed by atoms with E-state index in [0.29, 0.717) is 18.7 Å². The van der Waals surface area contributed by atoms with Crippen LogP contribution in [0.1, 0.15) is 21.5 Å². The number of aliphatic hydroxyl groups is 1. The Morgan fingerprint density at radius 3 is 2.21 bits per heavy atom. The van der Waals surface area contributed by atoms with Gasteiger partial charge in [-0.2, -0.15) is 0 Å². The Labute approximate surface area is 168 Å². The normalized spacial score (nSPS) is 22.9. The number of benzene rings is 3. The number of para-hydroxylation sites is 1. The van der Waals surface area contributed by atoms with Crippen LogP contribution in [0.5, 0.6) is 0 Å². The average Bonchev–Trinajstić information content (AvgIpc) is 2.93. The molecule has 0 aromatic heterocycles. The van der Waals surface area contributed by atoms with E-state index >= 15 is 0 Å². The Morgan fingerprint density at radius 2 is 1.48 bits per heavy atom. The third kappa shape index (κ3) is 2.37. The predicted molar refractivity (Wildman–Crippen MR) is 110 cm³/mol. The van der Waals surface area contributed by atoms with Crippen molar-refractivity contribution in [3.05, 3.63) is 102 Å². The van der Waals surface area contributed by atoms with Gasteiger partial charge in [-0.25, -0.2) is 0 Å². The molecular formula is C24H20N2O3. The summed E-state index contributed by atoms with van der Waals surface area (Å²) in [6, 6.07) is 26.2. The number of nitrogens with zero attached hydrogens (tertiary/aromatic N) is 2. The number of aliphatic hydroxyl groups excluding tert-OH is 1. The van der Waals surface area contributed by atoms with E-state index in [9.17, 15) is 14.7 Å². The van der Waals surface area contributed by atoms with Crippen LogP contribution < -0.4 is 4.90 Å². The minimum absolute atomic E-state index is 0.120. The molecule has 0 spiro atoms. The monoisotopic (exact) mass is 384 g/mol. The third-order valence-corrected chi connectivity index (χ3v) is 5.95. The molecule has 5 rings (SSSR count). The Hall–Kier alpha value is -3.44. The van der Waals surface area contributed by atoms with E-state index in [2.05, 4.69) is 0 Å². The topological polar surface area (TPSA) is 60.9 Å². The van der Waals surface area contributed by atoms with Crippen molar-refractivity contribution in [3.8, 4) is 0 Å². The molecule has 1 N–H and O–H groups in total. The van der Waals surface area contributed by atoms with E-state index < -0.39 is 11.6 Å². The molecular weight excluding hydrogens is 364 g/mol. The first kappa shape index (κ1) is 17.6. The second-order valence-electron chi connectivity index (χ2n) is 7.36. The number of amides is 2. The summed E-state index contributed by atoms with van der Waals surface area (Å²) in [5.41, 5.74) is 1.93. The standard InChI is InChI=1S/C24H20N2O3/c27-21-23(29)26-16-15-25(22(28)17-9-3-1-4-10-17)20-14-8-7-13-19(20)24(21,26)18-11-5-2-6-12-18/h1-14,21,27H,15-16H2/t21-,24-/m1/s1. The number of β-lactam (4-membered cyclic amide) rings is 1. The van der Waals surface area contributed by atoms with Gasteiger partial charge in [-0.05, 0) is 23.8 Å². The molecule has 0 unspecified atom stereocenters. The maximum atomic E-state index is 13.3. The second kappa shape index (κ2) is 6.57. The predicted octanol–water partition coefficient (Wildman–Crippen LogP) is 2.79. The smallest absolute Gasteiger partial charge is 0.258 e. The molecule has 5 heteroatoms. The van der Waals surface area contributed by atoms with Crippen molar-refractivity contribution in [2.75, 3.05) is 18.0 Å². The van der Waals surface area contributed by atoms with E-state index in [1.165, 1.54) is 0 Å². The molecule has 1 fully saturated rings. The fourth-order valence-corrected chi connectivity index (χ4v) is 4.62. The van der Waals surface area contributed by atoms with Gasteiger partial charge in [0.05, 0.1) is 5.69 Å². The van der Waals surface area contributed by atoms with Crippen molar-refractivity contribution in [2.45, 2.75) is 11.6 Å². The Morgan fingerprint density at radius 1 is 0.862 bits per heavy atom. The minimum Gasteiger partial charge on any atom is -0.380 e. The highest BCUT2D eigenvalue weighted by atomic mass is 16.3. The van der Waals surface area contributed by atoms with Gasteiger partial charge >= 0.3 is 0 Å². The molecule has 0 radical (unpaired) electrons. The van der Waals surface area contributed by atoms with Gasteiger partial charge in [0.1, 0.15) is 5.54 Å². The molecule has 2 heterocycles. The second-order valence-corrected chi connectivity index (χ2v) is 7.36. The summed E-state index contributed by atoms with van der Waals surface area (Å²) in [4.78, 5) is 29.4. The van der Waals surface area contributed by atoms with Gasteiger partial charge in [-0.15, -0.1) is 0 Å². The van der Waals surface area contributed by atoms with Crippen LogP contribution in [0.15, 0.2) is 84.9 Å². The Kier molecular flexibility index (Phi) is 4.00. The molecule has 2 amide bonds. The molecule has 0 bridgehead atoms. The van der Waals surface area contributed by atoms with Crippen molar-refractivity contribution >= 4 is 17.5 Å². The molecule has 2 aliphatic rings. The van der Waals surface area contributed by atoms with E-state index in [-0.39, 0.29) is 11.8 Å². The molecule has 3 aromatic carbocycles. The van der Waals surface area contributed by atoms with Crippen LogP contribution in [0.2, 0.25) is 0 Å². The number of hydrogen-bond acceptors (Lipinski definition) is 3. The zero-order valence-electron chi connectivity index (χ0n) is 15.7. The zero-order valence-corrected chi connectivity index (χ0v) is 15.7. The highest BCUT2D eigenvalue weighted by molar-refractivity contribution is 6.07. The summed E-state index contributed by atoms with van der Waals surface area (Å²) in [5, 5.41) is 10.9. The van der Waals surface area contributed by atoms with Gasteiger partial charge in [0.2, 0.25) is 0 Å². The van der Waals surface area contributed by atoms with Gasteiger partial charge in [0.15, 0.2) is 6.10 Å². The summed E-state index contributed by atoms with van der Waals surface area (Å²) in [6.07, 6.45) is -1.18. The number of hydrogen-bond donors (Lipinski definition) is 1. The zero-order chi connectivity index (χ0) is 20.0. The lowest BCUT2D eigenvalue weighted by Crippen LogP contribution is -2.72. The minimum atomic E-state index is -1.18. The number of fused-ring (bicyclic) bond motifs is 3. The molecule has 2 atom stereocenters. The van der Waals surface area contributed by atoms with Crippen LogP contribution >= 0.6 is 0 Å². The fourth-order valence-electron chi connectivity index (χ4n) is 4.62. The fraction of sp³-hybridized carbons (Fsp3) is 0.167. The highest BCUT2D eigenvalue weighted by Crippen LogP contribution is 2.51. The van der Waals surface area contributed by atoms with Gasteiger partial charge in [-0.1, -0.05) is 66.7 Å². The molecule has 1 saturated heterocycles. The molecule has 144 valence electrons. The number of carbonyl (C=O) groups is 2. The van der Waals surface area contributed by atoms with Crippen molar-refractivity contribution in [1.82, 2.24) is 4.90 Å². The van der Waals surface area contributed by atoms with Gasteiger partial charge in [-0.3, -0.25) is 9.59 Å². The molecule has 0 aliphatic carbocycles. The Bertz CT molecular complexity index is 1080. The van der Waals surface area contributed by atoms with Gasteiger partial charge in [0.25, 0.3) is 11.8 Å². The first-order valence-corrected chi connectivity index (χ1v) is 9.67. The van der Waals surface area contributed by atoms with Crippen molar-refractivity contribution < 1.29 is 14.7 Å². The number of carbonyl (C=O) groups excluding carboxylic acids is 2. The summed E-state index contributed by atoms with van der Waals surface area (Å²) < 4.78 is 0. The lowest BCUT2D eigenvalue weighted by molar-refractivity contribution is -0.179. The lowest BCUT2D eigenvalue weighted by Gasteiger charge is -2.55. The van der Waals surface area contributed by atoms with Crippen molar-refractivity contribution in [2.24, 2.45) is 0 Å². The van der Waals surface area contributed by atoms with Crippen molar-refractivity contribution in [3.63, 3.8) is 0 Å². The summed E-state index contributed by atoms with van der Waals surface area (Å²) in [5.74, 6) is -0.427. The van der Waals surface area contributed by atoms with E-state index in [4.69, 9.17) is 0 Å². The molecule has 0 saturated carbocycles. The molecule has 3 aromatic rings. The average molecular weight is 384 g/mol. The van der Waals surface area contributed by atoms with Gasteiger partial charge in [0, 0.05) is 24.2 Å². The van der Waals surface area contributed by atoms with Crippen LogP contribution in [0, 0.1) is 0 Å². The van der Waals surface area contributed by atoms with E-state index in [1.807, 2.05) is 72.8 Å². The van der Waals surface area contributed by atoms with Crippen LogP contribution in [0.3, 0.4) is 0 Å². The maximum absolute atomic E-state index is 13.3. The quantitative estimate of drug-likeness (QED) is 0.691. The summed E-state index contributed by atoms with van der Waals surface area (Å²) in [6.45, 7) is 0.704. The van der Waals surface area contributed by atoms with Crippen LogP contribution in [0.4, 0.5) is 5.69 Å². The highest BCUT2D eigenvalue weighted by Gasteiger charge is 2.63. The van der Waals surface area contributed by atoms with E-state index in [1.54, 1.807) is 21.9 Å². The summed E-state index contributed by atoms with van der Waals surface area (Å²) >= 11 is 0. The van der Waals surface area contributed by atoms with Crippen LogP contribution in [-0.2, 0) is 10.3 Å². The van der Waals surface area contributed by atoms with Crippen molar-refractivity contribution in [1.29, 1.82) is 0 Å². The summed E-state index contributed by atoms with van der Waals surface area (Å²) in [7, 11) is 0. The largest absolute Gasteiger partial charge is 0.380 e. The SMILES string of the molecule is O=C(c1ccccc1)N1CCN2C(=O)[C@@H](O)[C@@]2(c2ccccc2)c2ccccc21.